The van der Waals surface area contributed by atoms with Gasteiger partial charge in [0.1, 0.15) is 24.0 Å². The second kappa shape index (κ2) is 16.2. The molecule has 13 nitrogen and oxygen atoms in total. The highest BCUT2D eigenvalue weighted by Gasteiger charge is 2.48. The number of nitrogens with two attached hydrogens (primary N) is 1. The molecule has 15 heteroatoms. The van der Waals surface area contributed by atoms with Gasteiger partial charge in [0.15, 0.2) is 0 Å². The Labute approximate surface area is 318 Å². The summed E-state index contributed by atoms with van der Waals surface area (Å²) in [5.41, 5.74) is 5.95. The molecule has 0 bridgehead atoms. The number of carbonyl (C=O) groups is 4. The fraction of sp³-hybridized carbons (Fsp3) is 0.692. The number of nitrogens with one attached hydrogen (secondary N) is 2. The maximum atomic E-state index is 15.5. The van der Waals surface area contributed by atoms with Gasteiger partial charge in [0.05, 0.1) is 0 Å². The van der Waals surface area contributed by atoms with Crippen LogP contribution in [0.2, 0.25) is 0 Å². The van der Waals surface area contributed by atoms with Gasteiger partial charge in [0, 0.05) is 49.2 Å². The Morgan fingerprint density at radius 1 is 0.907 bits per heavy atom. The SMILES string of the molecule is Cn1c(C(=O)NS(=O)(=O)N2CCCC2)cc2cc(NC(=O)[C@@H]3[C@H](C4CCCCC4)CCN3C(=O)C3CCC([C@H](OC(N)=O)C(F)C(C)(C)C)CC3)ccc21. The molecule has 0 radical (unpaired) electrons. The van der Waals surface area contributed by atoms with Crippen molar-refractivity contribution in [3.63, 3.8) is 0 Å². The second-order valence-electron chi connectivity index (χ2n) is 17.0. The van der Waals surface area contributed by atoms with E-state index in [1.54, 1.807) is 61.6 Å². The number of aromatic nitrogens is 1. The molecule has 4 atom stereocenters. The van der Waals surface area contributed by atoms with Gasteiger partial charge in [-0.3, -0.25) is 14.4 Å². The highest BCUT2D eigenvalue weighted by atomic mass is 32.2. The minimum atomic E-state index is -3.96. The van der Waals surface area contributed by atoms with Crippen LogP contribution in [-0.2, 0) is 31.6 Å². The number of hydrogen-bond donors (Lipinski definition) is 3. The molecule has 2 aliphatic heterocycles. The van der Waals surface area contributed by atoms with E-state index in [1.807, 2.05) is 0 Å². The maximum Gasteiger partial charge on any atom is 0.404 e. The van der Waals surface area contributed by atoms with Crippen molar-refractivity contribution < 1.29 is 36.7 Å². The number of fused-ring (bicyclic) bond motifs is 1. The van der Waals surface area contributed by atoms with Crippen LogP contribution in [0.1, 0.15) is 108 Å². The molecule has 2 aliphatic carbocycles. The fourth-order valence-corrected chi connectivity index (χ4v) is 10.6. The van der Waals surface area contributed by atoms with Crippen LogP contribution in [0, 0.1) is 29.1 Å². The summed E-state index contributed by atoms with van der Waals surface area (Å²) in [7, 11) is -2.27. The molecule has 1 unspecified atom stereocenters. The van der Waals surface area contributed by atoms with Gasteiger partial charge >= 0.3 is 16.3 Å². The molecule has 4 aliphatic rings. The molecular formula is C39H57FN6O7S. The minimum absolute atomic E-state index is 0.0197. The first kappa shape index (κ1) is 40.0. The zero-order chi connectivity index (χ0) is 38.9. The summed E-state index contributed by atoms with van der Waals surface area (Å²) in [6.45, 7) is 6.50. The third-order valence-electron chi connectivity index (χ3n) is 12.4. The average Bonchev–Trinajstić information content (AvgIpc) is 3.90. The van der Waals surface area contributed by atoms with Crippen LogP contribution in [0.4, 0.5) is 14.9 Å². The number of ether oxygens (including phenoxy) is 1. The van der Waals surface area contributed by atoms with Gasteiger partial charge in [0.25, 0.3) is 5.91 Å². The summed E-state index contributed by atoms with van der Waals surface area (Å²) >= 11 is 0. The largest absolute Gasteiger partial charge is 0.443 e. The van der Waals surface area contributed by atoms with Crippen molar-refractivity contribution in [3.8, 4) is 0 Å². The van der Waals surface area contributed by atoms with E-state index in [9.17, 15) is 27.6 Å². The topological polar surface area (TPSA) is 173 Å². The zero-order valence-corrected chi connectivity index (χ0v) is 32.8. The minimum Gasteiger partial charge on any atom is -0.443 e. The first-order chi connectivity index (χ1) is 25.5. The molecule has 0 spiro atoms. The third kappa shape index (κ3) is 8.56. The molecule has 1 aromatic carbocycles. The van der Waals surface area contributed by atoms with Crippen LogP contribution in [0.3, 0.4) is 0 Å². The van der Waals surface area contributed by atoms with Crippen LogP contribution >= 0.6 is 0 Å². The molecule has 6 rings (SSSR count). The smallest absolute Gasteiger partial charge is 0.404 e. The molecule has 298 valence electrons. The van der Waals surface area contributed by atoms with Crippen LogP contribution in [0.25, 0.3) is 10.9 Å². The van der Waals surface area contributed by atoms with Crippen LogP contribution in [0.5, 0.6) is 0 Å². The molecule has 4 amide bonds. The lowest BCUT2D eigenvalue weighted by Crippen LogP contribution is -2.50. The van der Waals surface area contributed by atoms with Gasteiger partial charge in [0.2, 0.25) is 11.8 Å². The molecule has 2 aromatic rings. The number of alkyl halides is 1. The van der Waals surface area contributed by atoms with Crippen molar-refractivity contribution in [1.82, 2.24) is 18.5 Å². The number of hydrogen-bond acceptors (Lipinski definition) is 7. The number of carbonyl (C=O) groups excluding carboxylic acids is 4. The van der Waals surface area contributed by atoms with Gasteiger partial charge in [-0.05, 0) is 92.4 Å². The summed E-state index contributed by atoms with van der Waals surface area (Å²) < 4.78 is 51.5. The van der Waals surface area contributed by atoms with Crippen molar-refractivity contribution in [1.29, 1.82) is 0 Å². The van der Waals surface area contributed by atoms with Gasteiger partial charge < -0.3 is 25.3 Å². The summed E-state index contributed by atoms with van der Waals surface area (Å²) in [5, 5.41) is 3.74. The summed E-state index contributed by atoms with van der Waals surface area (Å²) in [6.07, 6.45) is 6.25. The van der Waals surface area contributed by atoms with Crippen molar-refractivity contribution in [3.05, 3.63) is 30.0 Å². The number of primary amides is 1. The quantitative estimate of drug-likeness (QED) is 0.280. The Balaban J connectivity index is 1.17. The number of halogens is 1. The van der Waals surface area contributed by atoms with Gasteiger partial charge in [-0.2, -0.15) is 12.7 Å². The first-order valence-electron chi connectivity index (χ1n) is 19.7. The average molecular weight is 773 g/mol. The molecule has 2 saturated carbocycles. The first-order valence-corrected chi connectivity index (χ1v) is 21.1. The van der Waals surface area contributed by atoms with Crippen LogP contribution in [0.15, 0.2) is 24.3 Å². The molecule has 3 heterocycles. The van der Waals surface area contributed by atoms with Gasteiger partial charge in [-0.1, -0.05) is 52.9 Å². The lowest BCUT2D eigenvalue weighted by Gasteiger charge is -2.39. The number of nitrogens with zero attached hydrogens (tertiary/aromatic N) is 3. The Kier molecular flexibility index (Phi) is 12.0. The molecule has 54 heavy (non-hydrogen) atoms. The van der Waals surface area contributed by atoms with E-state index < -0.39 is 45.9 Å². The van der Waals surface area contributed by atoms with Crippen LogP contribution < -0.4 is 15.8 Å². The number of rotatable bonds is 10. The van der Waals surface area contributed by atoms with E-state index >= 15 is 4.39 Å². The van der Waals surface area contributed by atoms with Crippen molar-refractivity contribution >= 4 is 50.6 Å². The normalized spacial score (nSPS) is 25.7. The number of benzene rings is 1. The molecule has 4 N–H and O–H groups in total. The number of amides is 4. The maximum absolute atomic E-state index is 15.5. The predicted octanol–water partition coefficient (Wildman–Crippen LogP) is 5.64. The van der Waals surface area contributed by atoms with E-state index in [1.165, 1.54) is 10.7 Å². The summed E-state index contributed by atoms with van der Waals surface area (Å²) in [4.78, 5) is 55.2. The Hall–Kier alpha value is -3.72. The monoisotopic (exact) mass is 772 g/mol. The third-order valence-corrected chi connectivity index (χ3v) is 13.9. The van der Waals surface area contributed by atoms with Gasteiger partial charge in [-0.25, -0.2) is 13.9 Å². The number of likely N-dealkylation sites (tertiary alicyclic amines) is 1. The highest BCUT2D eigenvalue weighted by molar-refractivity contribution is 7.87. The highest BCUT2D eigenvalue weighted by Crippen LogP contribution is 2.43. The molecular weight excluding hydrogens is 716 g/mol. The zero-order valence-electron chi connectivity index (χ0n) is 32.0. The predicted molar refractivity (Wildman–Crippen MR) is 203 cm³/mol. The van der Waals surface area contributed by atoms with Gasteiger partial charge in [-0.15, -0.1) is 0 Å². The standard InChI is InChI=1S/C39H57FN6O7S/c1-39(2,3)34(40)33(53-38(41)50)25-12-14-26(15-13-25)37(49)46-21-18-29(24-10-6-5-7-11-24)32(46)36(48)42-28-16-17-30-27(22-28)23-31(44(30)4)35(47)43-54(51,52)45-19-8-9-20-45/h16-17,22-26,29,32-34H,5-15,18-21H2,1-4H3,(H2,41,50)(H,42,48)(H,43,47)/t25?,26?,29-,32-,33-,34?/m0/s1. The van der Waals surface area contributed by atoms with Crippen molar-refractivity contribution in [2.45, 2.75) is 116 Å². The van der Waals surface area contributed by atoms with E-state index in [2.05, 4.69) is 10.0 Å². The Bertz CT molecular complexity index is 1820. The number of aryl methyl sites for hydroxylation is 1. The Morgan fingerprint density at radius 2 is 1.57 bits per heavy atom. The van der Waals surface area contributed by atoms with E-state index in [4.69, 9.17) is 10.5 Å². The van der Waals surface area contributed by atoms with E-state index in [0.29, 0.717) is 67.8 Å². The molecule has 2 saturated heterocycles. The van der Waals surface area contributed by atoms with Crippen molar-refractivity contribution in [2.75, 3.05) is 25.0 Å². The molecule has 4 fully saturated rings. The van der Waals surface area contributed by atoms with Crippen molar-refractivity contribution in [2.24, 2.45) is 41.9 Å². The number of anilines is 1. The van der Waals surface area contributed by atoms with Crippen LogP contribution in [-0.4, -0.2) is 84.0 Å². The Morgan fingerprint density at radius 3 is 2.20 bits per heavy atom. The van der Waals surface area contributed by atoms with E-state index in [-0.39, 0.29) is 35.3 Å². The molecule has 1 aromatic heterocycles. The lowest BCUT2D eigenvalue weighted by molar-refractivity contribution is -0.143. The fourth-order valence-electron chi connectivity index (χ4n) is 9.43. The summed E-state index contributed by atoms with van der Waals surface area (Å²) in [5.74, 6) is -1.29. The second-order valence-corrected chi connectivity index (χ2v) is 18.7. The summed E-state index contributed by atoms with van der Waals surface area (Å²) in [6, 6.07) is 6.25. The van der Waals surface area contributed by atoms with E-state index in [0.717, 1.165) is 44.9 Å². The lowest BCUT2D eigenvalue weighted by atomic mass is 9.74.